The first-order chi connectivity index (χ1) is 7.58. The van der Waals surface area contributed by atoms with Crippen LogP contribution in [-0.2, 0) is 18.3 Å². The molecule has 1 rings (SSSR count). The van der Waals surface area contributed by atoms with Crippen molar-refractivity contribution in [2.75, 3.05) is 6.54 Å². The fourth-order valence-corrected chi connectivity index (χ4v) is 1.51. The Morgan fingerprint density at radius 1 is 1.69 bits per heavy atom. The SMILES string of the molecule is CC(CCC(=O)O)NCCc1cnn(C)c1. The van der Waals surface area contributed by atoms with Crippen molar-refractivity contribution in [1.82, 2.24) is 15.1 Å². The minimum Gasteiger partial charge on any atom is -0.481 e. The molecule has 90 valence electrons. The van der Waals surface area contributed by atoms with Crippen LogP contribution < -0.4 is 5.32 Å². The Hall–Kier alpha value is -1.36. The Kier molecular flexibility index (Phi) is 4.98. The average molecular weight is 225 g/mol. The smallest absolute Gasteiger partial charge is 0.303 e. The molecular formula is C11H19N3O2. The van der Waals surface area contributed by atoms with E-state index in [-0.39, 0.29) is 12.5 Å². The van der Waals surface area contributed by atoms with E-state index in [1.807, 2.05) is 26.4 Å². The second-order valence-electron chi connectivity index (χ2n) is 4.06. The van der Waals surface area contributed by atoms with Gasteiger partial charge < -0.3 is 10.4 Å². The highest BCUT2D eigenvalue weighted by molar-refractivity contribution is 5.66. The summed E-state index contributed by atoms with van der Waals surface area (Å²) in [6.45, 7) is 2.86. The van der Waals surface area contributed by atoms with Gasteiger partial charge in [0.1, 0.15) is 0 Å². The molecule has 0 aromatic carbocycles. The van der Waals surface area contributed by atoms with Crippen LogP contribution in [0.3, 0.4) is 0 Å². The van der Waals surface area contributed by atoms with Gasteiger partial charge in [-0.1, -0.05) is 0 Å². The molecule has 1 aromatic heterocycles. The van der Waals surface area contributed by atoms with Crippen molar-refractivity contribution in [3.63, 3.8) is 0 Å². The fraction of sp³-hybridized carbons (Fsp3) is 0.636. The van der Waals surface area contributed by atoms with Gasteiger partial charge in [0.2, 0.25) is 0 Å². The lowest BCUT2D eigenvalue weighted by Gasteiger charge is -2.11. The second kappa shape index (κ2) is 6.27. The van der Waals surface area contributed by atoms with Crippen molar-refractivity contribution < 1.29 is 9.90 Å². The molecule has 0 aliphatic carbocycles. The molecular weight excluding hydrogens is 206 g/mol. The van der Waals surface area contributed by atoms with Gasteiger partial charge in [-0.05, 0) is 31.9 Å². The van der Waals surface area contributed by atoms with Crippen LogP contribution in [0.1, 0.15) is 25.3 Å². The number of hydrogen-bond acceptors (Lipinski definition) is 3. The summed E-state index contributed by atoms with van der Waals surface area (Å²) in [5.41, 5.74) is 1.19. The predicted octanol–water partition coefficient (Wildman–Crippen LogP) is 0.805. The van der Waals surface area contributed by atoms with Gasteiger partial charge >= 0.3 is 5.97 Å². The molecule has 0 radical (unpaired) electrons. The van der Waals surface area contributed by atoms with Gasteiger partial charge in [0.15, 0.2) is 0 Å². The van der Waals surface area contributed by atoms with E-state index >= 15 is 0 Å². The number of aryl methyl sites for hydroxylation is 1. The van der Waals surface area contributed by atoms with Crippen LogP contribution in [0.2, 0.25) is 0 Å². The third-order valence-corrected chi connectivity index (χ3v) is 2.46. The summed E-state index contributed by atoms with van der Waals surface area (Å²) in [5.74, 6) is -0.735. The molecule has 0 spiro atoms. The zero-order valence-electron chi connectivity index (χ0n) is 9.81. The second-order valence-corrected chi connectivity index (χ2v) is 4.06. The lowest BCUT2D eigenvalue weighted by atomic mass is 10.1. The topological polar surface area (TPSA) is 67.2 Å². The van der Waals surface area contributed by atoms with Gasteiger partial charge in [0.25, 0.3) is 0 Å². The Balaban J connectivity index is 2.13. The standard InChI is InChI=1S/C11H19N3O2/c1-9(3-4-11(15)16)12-6-5-10-7-13-14(2)8-10/h7-9,12H,3-6H2,1-2H3,(H,15,16). The van der Waals surface area contributed by atoms with Crippen LogP contribution in [0.5, 0.6) is 0 Å². The normalized spacial score (nSPS) is 12.6. The molecule has 0 fully saturated rings. The highest BCUT2D eigenvalue weighted by atomic mass is 16.4. The molecule has 1 heterocycles. The van der Waals surface area contributed by atoms with Crippen molar-refractivity contribution in [1.29, 1.82) is 0 Å². The third kappa shape index (κ3) is 4.93. The molecule has 0 aliphatic heterocycles. The number of carboxylic acids is 1. The Labute approximate surface area is 95.5 Å². The molecule has 1 aromatic rings. The lowest BCUT2D eigenvalue weighted by molar-refractivity contribution is -0.137. The van der Waals surface area contributed by atoms with Gasteiger partial charge in [0.05, 0.1) is 6.20 Å². The van der Waals surface area contributed by atoms with Crippen molar-refractivity contribution in [3.05, 3.63) is 18.0 Å². The molecule has 0 bridgehead atoms. The van der Waals surface area contributed by atoms with E-state index in [0.717, 1.165) is 13.0 Å². The van der Waals surface area contributed by atoms with Crippen molar-refractivity contribution >= 4 is 5.97 Å². The summed E-state index contributed by atoms with van der Waals surface area (Å²) >= 11 is 0. The highest BCUT2D eigenvalue weighted by Crippen LogP contribution is 1.99. The number of carbonyl (C=O) groups is 1. The van der Waals surface area contributed by atoms with Gasteiger partial charge in [0, 0.05) is 25.7 Å². The minimum absolute atomic E-state index is 0.223. The largest absolute Gasteiger partial charge is 0.481 e. The maximum absolute atomic E-state index is 10.4. The average Bonchev–Trinajstić information content (AvgIpc) is 2.61. The van der Waals surface area contributed by atoms with Crippen LogP contribution in [-0.4, -0.2) is 33.4 Å². The van der Waals surface area contributed by atoms with Crippen LogP contribution >= 0.6 is 0 Å². The van der Waals surface area contributed by atoms with Crippen molar-refractivity contribution in [2.24, 2.45) is 7.05 Å². The third-order valence-electron chi connectivity index (χ3n) is 2.46. The summed E-state index contributed by atoms with van der Waals surface area (Å²) in [4.78, 5) is 10.4. The van der Waals surface area contributed by atoms with Crippen molar-refractivity contribution in [3.8, 4) is 0 Å². The zero-order chi connectivity index (χ0) is 12.0. The Morgan fingerprint density at radius 3 is 3.00 bits per heavy atom. The summed E-state index contributed by atoms with van der Waals surface area (Å²) in [6.07, 6.45) is 5.65. The summed E-state index contributed by atoms with van der Waals surface area (Å²) in [6, 6.07) is 0.243. The minimum atomic E-state index is -0.735. The number of nitrogens with one attached hydrogen (secondary N) is 1. The first-order valence-electron chi connectivity index (χ1n) is 5.50. The van der Waals surface area contributed by atoms with E-state index in [1.54, 1.807) is 4.68 Å². The van der Waals surface area contributed by atoms with E-state index < -0.39 is 5.97 Å². The molecule has 5 nitrogen and oxygen atoms in total. The number of aliphatic carboxylic acids is 1. The van der Waals surface area contributed by atoms with Gasteiger partial charge in [-0.2, -0.15) is 5.10 Å². The lowest BCUT2D eigenvalue weighted by Crippen LogP contribution is -2.28. The fourth-order valence-electron chi connectivity index (χ4n) is 1.51. The van der Waals surface area contributed by atoms with Crippen LogP contribution in [0.25, 0.3) is 0 Å². The van der Waals surface area contributed by atoms with E-state index in [1.165, 1.54) is 5.56 Å². The number of hydrogen-bond donors (Lipinski definition) is 2. The molecule has 0 aliphatic rings. The van der Waals surface area contributed by atoms with Gasteiger partial charge in [-0.25, -0.2) is 0 Å². The van der Waals surface area contributed by atoms with Crippen LogP contribution in [0, 0.1) is 0 Å². The first kappa shape index (κ1) is 12.7. The zero-order valence-corrected chi connectivity index (χ0v) is 9.81. The number of rotatable bonds is 7. The monoisotopic (exact) mass is 225 g/mol. The van der Waals surface area contributed by atoms with Crippen LogP contribution in [0.4, 0.5) is 0 Å². The molecule has 0 saturated heterocycles. The predicted molar refractivity (Wildman–Crippen MR) is 61.2 cm³/mol. The molecule has 16 heavy (non-hydrogen) atoms. The number of aromatic nitrogens is 2. The molecule has 1 unspecified atom stereocenters. The summed E-state index contributed by atoms with van der Waals surface area (Å²) in [7, 11) is 1.90. The number of carboxylic acid groups (broad SMARTS) is 1. The Bertz CT molecular complexity index is 336. The van der Waals surface area contributed by atoms with Crippen molar-refractivity contribution in [2.45, 2.75) is 32.2 Å². The quantitative estimate of drug-likeness (QED) is 0.720. The molecule has 0 saturated carbocycles. The molecule has 0 amide bonds. The van der Waals surface area contributed by atoms with E-state index in [9.17, 15) is 4.79 Å². The molecule has 2 N–H and O–H groups in total. The maximum Gasteiger partial charge on any atom is 0.303 e. The van der Waals surface area contributed by atoms with E-state index in [4.69, 9.17) is 5.11 Å². The first-order valence-corrected chi connectivity index (χ1v) is 5.50. The van der Waals surface area contributed by atoms with E-state index in [0.29, 0.717) is 6.42 Å². The summed E-state index contributed by atoms with van der Waals surface area (Å²) in [5, 5.41) is 15.9. The molecule has 1 atom stereocenters. The van der Waals surface area contributed by atoms with Gasteiger partial charge in [-0.15, -0.1) is 0 Å². The maximum atomic E-state index is 10.4. The highest BCUT2D eigenvalue weighted by Gasteiger charge is 2.04. The number of nitrogens with zero attached hydrogens (tertiary/aromatic N) is 2. The molecule has 5 heteroatoms. The van der Waals surface area contributed by atoms with Gasteiger partial charge in [-0.3, -0.25) is 9.48 Å². The summed E-state index contributed by atoms with van der Waals surface area (Å²) < 4.78 is 1.78. The Morgan fingerprint density at radius 2 is 2.44 bits per heavy atom. The van der Waals surface area contributed by atoms with E-state index in [2.05, 4.69) is 10.4 Å². The van der Waals surface area contributed by atoms with Crippen LogP contribution in [0.15, 0.2) is 12.4 Å².